The number of nitrogens with two attached hydrogens (primary N) is 2. The molecular weight excluding hydrogens is 848 g/mol. The van der Waals surface area contributed by atoms with Gasteiger partial charge in [0.2, 0.25) is 11.7 Å². The first-order valence-corrected chi connectivity index (χ1v) is 21.3. The number of hydrogen-bond acceptors (Lipinski definition) is 21. The predicted molar refractivity (Wildman–Crippen MR) is 177 cm³/mol. The fourth-order valence-corrected chi connectivity index (χ4v) is 9.96. The van der Waals surface area contributed by atoms with E-state index in [9.17, 15) is 57.7 Å². The summed E-state index contributed by atoms with van der Waals surface area (Å²) in [7, 11) is -20.4. The second-order valence-electron chi connectivity index (χ2n) is 11.9. The third-order valence-electron chi connectivity index (χ3n) is 8.10. The molecule has 34 heteroatoms. The monoisotopic (exact) mass is 881 g/mol. The van der Waals surface area contributed by atoms with Crippen LogP contribution in [0.1, 0.15) is 12.5 Å². The van der Waals surface area contributed by atoms with Gasteiger partial charge in [0, 0.05) is 7.11 Å². The number of nitrogens with one attached hydrogen (secondary N) is 1. The van der Waals surface area contributed by atoms with Crippen molar-refractivity contribution in [3.63, 3.8) is 0 Å². The molecule has 4 aromatic heterocycles. The molecule has 0 amide bonds. The largest absolute Gasteiger partial charge is 0.490 e. The molecule has 2 aliphatic heterocycles. The Morgan fingerprint density at radius 1 is 0.911 bits per heavy atom. The number of aromatic nitrogens is 8. The number of aryl methyl sites for hydroxylation is 1. The van der Waals surface area contributed by atoms with Crippen molar-refractivity contribution in [2.45, 2.75) is 49.1 Å². The highest BCUT2D eigenvalue weighted by molar-refractivity contribution is 7.66. The predicted octanol–water partition coefficient (Wildman–Crippen LogP) is -3.07. The first-order chi connectivity index (χ1) is 26.0. The topological polar surface area (TPSA) is 434 Å². The van der Waals surface area contributed by atoms with E-state index in [1.165, 1.54) is 28.8 Å². The fraction of sp³-hybridized carbons (Fsp3) is 0.545. The van der Waals surface area contributed by atoms with Crippen molar-refractivity contribution in [1.82, 2.24) is 34.1 Å². The molecular formula is C22H33N10O20P4+. The van der Waals surface area contributed by atoms with E-state index in [-0.39, 0.29) is 34.1 Å². The smallest absolute Gasteiger partial charge is 0.387 e. The zero-order valence-electron chi connectivity index (χ0n) is 28.3. The summed E-state index contributed by atoms with van der Waals surface area (Å²) in [6.45, 7) is -2.28. The summed E-state index contributed by atoms with van der Waals surface area (Å²) in [6.07, 6.45) is -9.43. The lowest BCUT2D eigenvalue weighted by atomic mass is 10.1. The summed E-state index contributed by atoms with van der Waals surface area (Å²) in [5.41, 5.74) is 10.9. The molecule has 2 fully saturated rings. The molecule has 0 bridgehead atoms. The summed E-state index contributed by atoms with van der Waals surface area (Å²) in [4.78, 5) is 80.0. The van der Waals surface area contributed by atoms with Gasteiger partial charge in [0.05, 0.1) is 26.6 Å². The number of aliphatic hydroxyl groups is 2. The number of aromatic amines is 1. The van der Waals surface area contributed by atoms with Crippen molar-refractivity contribution in [3.8, 4) is 0 Å². The number of phosphoric ester groups is 3. The van der Waals surface area contributed by atoms with Crippen molar-refractivity contribution in [3.05, 3.63) is 29.3 Å². The molecule has 0 radical (unpaired) electrons. The van der Waals surface area contributed by atoms with Crippen molar-refractivity contribution >= 4 is 65.4 Å². The van der Waals surface area contributed by atoms with Gasteiger partial charge in [0.15, 0.2) is 24.0 Å². The van der Waals surface area contributed by atoms with Crippen LogP contribution in [0.4, 0.5) is 11.8 Å². The van der Waals surface area contributed by atoms with Gasteiger partial charge in [-0.1, -0.05) is 4.98 Å². The maximum Gasteiger partial charge on any atom is 0.490 e. The van der Waals surface area contributed by atoms with Crippen LogP contribution in [0.5, 0.6) is 0 Å². The molecule has 12 N–H and O–H groups in total. The summed E-state index contributed by atoms with van der Waals surface area (Å²) in [5.74, 6) is -0.325. The highest BCUT2D eigenvalue weighted by atomic mass is 31.3. The first-order valence-electron chi connectivity index (χ1n) is 15.3. The van der Waals surface area contributed by atoms with Gasteiger partial charge in [0.25, 0.3) is 11.5 Å². The van der Waals surface area contributed by atoms with Gasteiger partial charge in [0.1, 0.15) is 48.5 Å². The summed E-state index contributed by atoms with van der Waals surface area (Å²) in [6, 6.07) is 0. The standard InChI is InChI=1S/C22H32N10O20P4/c1-30-7-32(18-11(30)19(35)29-22(24)28-18)20-13(34)12(33)8(48-20)3-46-54(39,40)51-56(43,44)52-55(41,42)47-4-9-14(50-53(36,37)38)15(45-2)21(49-9)31-6-27-10-16(23)25-5-26-17(10)31/h5-9,12-15,20-21,33-34H,3-4H2,1-2H3,(H9-,23,24,25,26,28,29,35,36,37,38,39,40,41,42,43,44)/p+1/t8-,9-,12-,13-,14-,15-,20-,21-/m1/s1. The number of anilines is 2. The highest BCUT2D eigenvalue weighted by Gasteiger charge is 2.52. The lowest BCUT2D eigenvalue weighted by molar-refractivity contribution is -0.745. The molecule has 4 aromatic rings. The molecule has 0 saturated carbocycles. The quantitative estimate of drug-likeness (QED) is 0.0418. The molecule has 6 heterocycles. The summed E-state index contributed by atoms with van der Waals surface area (Å²) < 4.78 is 92.4. The molecule has 3 unspecified atom stereocenters. The van der Waals surface area contributed by atoms with E-state index < -0.39 is 99.1 Å². The minimum atomic E-state index is -6.08. The van der Waals surface area contributed by atoms with Gasteiger partial charge >= 0.3 is 36.9 Å². The number of methoxy groups -OCH3 is 1. The highest BCUT2D eigenvalue weighted by Crippen LogP contribution is 2.68. The maximum absolute atomic E-state index is 12.7. The van der Waals surface area contributed by atoms with E-state index in [1.807, 2.05) is 0 Å². The zero-order valence-corrected chi connectivity index (χ0v) is 31.9. The van der Waals surface area contributed by atoms with Crippen molar-refractivity contribution in [2.24, 2.45) is 7.05 Å². The lowest BCUT2D eigenvalue weighted by Crippen LogP contribution is -2.46. The van der Waals surface area contributed by atoms with Gasteiger partial charge in [-0.3, -0.25) is 32.5 Å². The summed E-state index contributed by atoms with van der Waals surface area (Å²) in [5, 5.41) is 21.2. The Bertz CT molecular complexity index is 2370. The number of aliphatic hydroxyl groups excluding tert-OH is 2. The second-order valence-corrected chi connectivity index (χ2v) is 17.7. The van der Waals surface area contributed by atoms with Gasteiger partial charge in [-0.2, -0.15) is 8.62 Å². The zero-order chi connectivity index (χ0) is 41.1. The average Bonchev–Trinajstić information content (AvgIpc) is 3.80. The molecule has 11 atom stereocenters. The number of nitrogens with zero attached hydrogens (tertiary/aromatic N) is 7. The number of imidazole rings is 2. The van der Waals surface area contributed by atoms with Crippen molar-refractivity contribution in [1.29, 1.82) is 0 Å². The second kappa shape index (κ2) is 15.5. The molecule has 0 spiro atoms. The molecule has 310 valence electrons. The van der Waals surface area contributed by atoms with Crippen LogP contribution in [0.25, 0.3) is 22.3 Å². The third-order valence-corrected chi connectivity index (χ3v) is 12.9. The Morgan fingerprint density at radius 3 is 2.18 bits per heavy atom. The van der Waals surface area contributed by atoms with Crippen LogP contribution in [0, 0.1) is 0 Å². The molecule has 2 saturated heterocycles. The Balaban J connectivity index is 1.09. The van der Waals surface area contributed by atoms with Gasteiger partial charge < -0.3 is 60.4 Å². The molecule has 56 heavy (non-hydrogen) atoms. The number of H-pyrrole nitrogens is 1. The fourth-order valence-electron chi connectivity index (χ4n) is 5.87. The van der Waals surface area contributed by atoms with E-state index in [0.717, 1.165) is 18.0 Å². The first kappa shape index (κ1) is 42.4. The van der Waals surface area contributed by atoms with Crippen LogP contribution in [-0.2, 0) is 61.7 Å². The molecule has 0 aliphatic carbocycles. The van der Waals surface area contributed by atoms with E-state index in [2.05, 4.69) is 38.1 Å². The number of rotatable bonds is 15. The Hall–Kier alpha value is -3.18. The minimum Gasteiger partial charge on any atom is -0.387 e. The van der Waals surface area contributed by atoms with E-state index in [0.29, 0.717) is 0 Å². The van der Waals surface area contributed by atoms with Gasteiger partial charge in [-0.15, -0.1) is 0 Å². The summed E-state index contributed by atoms with van der Waals surface area (Å²) >= 11 is 0. The molecule has 6 rings (SSSR count). The van der Waals surface area contributed by atoms with Crippen LogP contribution in [0.15, 0.2) is 23.8 Å². The van der Waals surface area contributed by atoms with Gasteiger partial charge in [-0.25, -0.2) is 37.8 Å². The normalized spacial score (nSPS) is 29.1. The van der Waals surface area contributed by atoms with E-state index >= 15 is 0 Å². The number of hydrogen-bond donors (Lipinski definition) is 10. The van der Waals surface area contributed by atoms with Crippen LogP contribution in [0.2, 0.25) is 0 Å². The molecule has 30 nitrogen and oxygen atoms in total. The molecule has 2 aliphatic rings. The van der Waals surface area contributed by atoms with Crippen LogP contribution < -0.4 is 21.6 Å². The Morgan fingerprint density at radius 2 is 1.55 bits per heavy atom. The third kappa shape index (κ3) is 8.93. The number of phosphoric acid groups is 4. The maximum atomic E-state index is 12.7. The van der Waals surface area contributed by atoms with Crippen LogP contribution in [-0.4, -0.2) is 126 Å². The number of nitrogen functional groups attached to an aromatic ring is 2. The van der Waals surface area contributed by atoms with Crippen LogP contribution in [0.3, 0.4) is 0 Å². The van der Waals surface area contributed by atoms with Crippen molar-refractivity contribution in [2.75, 3.05) is 31.8 Å². The average molecular weight is 881 g/mol. The van der Waals surface area contributed by atoms with Gasteiger partial charge in [-0.05, 0) is 0 Å². The number of fused-ring (bicyclic) bond motifs is 2. The number of ether oxygens (including phenoxy) is 3. The molecule has 0 aromatic carbocycles. The van der Waals surface area contributed by atoms with E-state index in [1.54, 1.807) is 0 Å². The minimum absolute atomic E-state index is 0.000533. The lowest BCUT2D eigenvalue weighted by Gasteiger charge is -2.24. The van der Waals surface area contributed by atoms with E-state index in [4.69, 9.17) is 34.7 Å². The Kier molecular flexibility index (Phi) is 11.8. The van der Waals surface area contributed by atoms with Crippen molar-refractivity contribution < 1.29 is 93.9 Å². The SMILES string of the molecule is CO[C@@H]1[C@H](OP(=O)(O)O)[C@@H](COP(=O)(O)OP(=O)(O)OP(=O)(O)OC[C@H]2O[C@@H]([n+]3cn(C)c4c(=O)[nH]c(N)nc43)[C@H](O)[C@@H]2O)O[C@H]1n1cnc2c(N)ncnc21. The Labute approximate surface area is 310 Å². The van der Waals surface area contributed by atoms with Crippen LogP contribution >= 0.6 is 31.3 Å².